The van der Waals surface area contributed by atoms with E-state index >= 15 is 0 Å². The van der Waals surface area contributed by atoms with Crippen molar-refractivity contribution in [1.82, 2.24) is 15.6 Å². The number of urea groups is 1. The van der Waals surface area contributed by atoms with Gasteiger partial charge in [0.15, 0.2) is 0 Å². The van der Waals surface area contributed by atoms with Crippen LogP contribution in [0.4, 0.5) is 4.79 Å². The number of hydrogen-bond donors (Lipinski definition) is 2. The summed E-state index contributed by atoms with van der Waals surface area (Å²) >= 11 is 1.35. The molecule has 3 amide bonds. The van der Waals surface area contributed by atoms with E-state index in [9.17, 15) is 9.59 Å². The number of aryl methyl sites for hydroxylation is 2. The first-order valence-electron chi connectivity index (χ1n) is 8.23. The van der Waals surface area contributed by atoms with Gasteiger partial charge in [-0.25, -0.2) is 9.78 Å². The molecule has 0 aliphatic carbocycles. The highest BCUT2D eigenvalue weighted by atomic mass is 32.2. The Labute approximate surface area is 153 Å². The Morgan fingerprint density at radius 1 is 1.16 bits per heavy atom. The molecule has 5 nitrogen and oxygen atoms in total. The Balaban J connectivity index is 2.11. The normalized spacial score (nSPS) is 12.7. The van der Waals surface area contributed by atoms with E-state index in [1.54, 1.807) is 6.92 Å². The number of imide groups is 1. The second kappa shape index (κ2) is 7.44. The number of nitrogens with zero attached hydrogens (tertiary/aromatic N) is 1. The summed E-state index contributed by atoms with van der Waals surface area (Å²) in [4.78, 5) is 28.7. The molecule has 0 saturated heterocycles. The highest BCUT2D eigenvalue weighted by Crippen LogP contribution is 2.28. The molecule has 0 aliphatic rings. The number of carbonyl (C=O) groups excluding carboxylic acids is 2. The fraction of sp³-hybridized carbons (Fsp3) is 0.421. The monoisotopic (exact) mass is 359 g/mol. The summed E-state index contributed by atoms with van der Waals surface area (Å²) in [6.45, 7) is 11.4. The molecule has 0 radical (unpaired) electrons. The molecular weight excluding hydrogens is 334 g/mol. The number of aromatic nitrogens is 1. The van der Waals surface area contributed by atoms with E-state index < -0.39 is 16.8 Å². The van der Waals surface area contributed by atoms with Gasteiger partial charge in [0.25, 0.3) is 0 Å². The van der Waals surface area contributed by atoms with Crippen molar-refractivity contribution in [3.05, 3.63) is 35.4 Å². The molecule has 1 atom stereocenters. The number of para-hydroxylation sites is 1. The number of benzene rings is 1. The third-order valence-corrected chi connectivity index (χ3v) is 4.63. The third kappa shape index (κ3) is 5.19. The molecular formula is C19H25N3O2S. The zero-order valence-corrected chi connectivity index (χ0v) is 16.4. The molecule has 2 N–H and O–H groups in total. The van der Waals surface area contributed by atoms with E-state index in [1.165, 1.54) is 11.8 Å². The van der Waals surface area contributed by atoms with Crippen LogP contribution in [0.1, 0.15) is 38.8 Å². The molecule has 1 heterocycles. The first kappa shape index (κ1) is 19.2. The van der Waals surface area contributed by atoms with Gasteiger partial charge in [0.2, 0.25) is 5.91 Å². The quantitative estimate of drug-likeness (QED) is 0.814. The number of fused-ring (bicyclic) bond motifs is 1. The van der Waals surface area contributed by atoms with Crippen LogP contribution in [-0.2, 0) is 4.79 Å². The van der Waals surface area contributed by atoms with Gasteiger partial charge < -0.3 is 5.32 Å². The van der Waals surface area contributed by atoms with Gasteiger partial charge in [-0.15, -0.1) is 0 Å². The number of pyridine rings is 1. The highest BCUT2D eigenvalue weighted by molar-refractivity contribution is 8.00. The number of rotatable bonds is 3. The standard InChI is InChI=1S/C19H25N3O2S/c1-11-8-7-9-14-12(2)10-15(20-16(11)14)25-13(3)17(23)21-18(24)22-19(4,5)6/h7-10,13H,1-6H3,(H2,21,22,23,24)/t13-/m1/s1. The van der Waals surface area contributed by atoms with Gasteiger partial charge in [0.1, 0.15) is 0 Å². The van der Waals surface area contributed by atoms with E-state index in [-0.39, 0.29) is 5.91 Å². The van der Waals surface area contributed by atoms with E-state index in [1.807, 2.05) is 58.9 Å². The molecule has 0 aliphatic heterocycles. The van der Waals surface area contributed by atoms with Crippen LogP contribution in [0, 0.1) is 13.8 Å². The molecule has 2 rings (SSSR count). The molecule has 25 heavy (non-hydrogen) atoms. The van der Waals surface area contributed by atoms with Gasteiger partial charge in [0, 0.05) is 10.9 Å². The van der Waals surface area contributed by atoms with Crippen LogP contribution < -0.4 is 10.6 Å². The number of amides is 3. The first-order chi connectivity index (χ1) is 11.6. The van der Waals surface area contributed by atoms with Crippen molar-refractivity contribution in [3.8, 4) is 0 Å². The van der Waals surface area contributed by atoms with Crippen LogP contribution in [0.2, 0.25) is 0 Å². The Morgan fingerprint density at radius 2 is 1.84 bits per heavy atom. The summed E-state index contributed by atoms with van der Waals surface area (Å²) in [6, 6.07) is 7.58. The van der Waals surface area contributed by atoms with Gasteiger partial charge in [-0.3, -0.25) is 10.1 Å². The van der Waals surface area contributed by atoms with E-state index in [2.05, 4.69) is 15.6 Å². The average Bonchev–Trinajstić information content (AvgIpc) is 2.46. The maximum Gasteiger partial charge on any atom is 0.321 e. The number of hydrogen-bond acceptors (Lipinski definition) is 4. The molecule has 6 heteroatoms. The SMILES string of the molecule is Cc1cc(S[C@H](C)C(=O)NC(=O)NC(C)(C)C)nc2c(C)cccc12. The molecule has 1 aromatic carbocycles. The number of thioether (sulfide) groups is 1. The molecule has 1 aromatic heterocycles. The zero-order valence-electron chi connectivity index (χ0n) is 15.6. The van der Waals surface area contributed by atoms with Crippen molar-refractivity contribution in [2.24, 2.45) is 0 Å². The van der Waals surface area contributed by atoms with Crippen molar-refractivity contribution in [3.63, 3.8) is 0 Å². The first-order valence-corrected chi connectivity index (χ1v) is 9.11. The molecule has 0 fully saturated rings. The molecule has 0 saturated carbocycles. The van der Waals surface area contributed by atoms with Crippen LogP contribution in [-0.4, -0.2) is 27.7 Å². The predicted octanol–water partition coefficient (Wildman–Crippen LogP) is 3.96. The van der Waals surface area contributed by atoms with Gasteiger partial charge in [-0.1, -0.05) is 30.0 Å². The smallest absolute Gasteiger partial charge is 0.321 e. The van der Waals surface area contributed by atoms with Gasteiger partial charge in [-0.2, -0.15) is 0 Å². The summed E-state index contributed by atoms with van der Waals surface area (Å²) in [5.41, 5.74) is 2.78. The van der Waals surface area contributed by atoms with Crippen molar-refractivity contribution in [1.29, 1.82) is 0 Å². The second-order valence-electron chi connectivity index (χ2n) is 7.20. The van der Waals surface area contributed by atoms with Crippen LogP contribution in [0.3, 0.4) is 0 Å². The summed E-state index contributed by atoms with van der Waals surface area (Å²) in [7, 11) is 0. The van der Waals surface area contributed by atoms with E-state index in [0.717, 1.165) is 27.1 Å². The number of carbonyl (C=O) groups is 2. The molecule has 0 unspecified atom stereocenters. The lowest BCUT2D eigenvalue weighted by Crippen LogP contribution is -2.49. The Bertz CT molecular complexity index is 812. The number of nitrogens with one attached hydrogen (secondary N) is 2. The van der Waals surface area contributed by atoms with Gasteiger partial charge in [-0.05, 0) is 58.7 Å². The van der Waals surface area contributed by atoms with Crippen molar-refractivity contribution < 1.29 is 9.59 Å². The van der Waals surface area contributed by atoms with Crippen LogP contribution in [0.15, 0.2) is 29.3 Å². The summed E-state index contributed by atoms with van der Waals surface area (Å²) in [5, 5.41) is 6.56. The fourth-order valence-electron chi connectivity index (χ4n) is 2.41. The lowest BCUT2D eigenvalue weighted by molar-refractivity contribution is -0.119. The summed E-state index contributed by atoms with van der Waals surface area (Å²) in [5.74, 6) is -0.337. The molecule has 2 aromatic rings. The maximum atomic E-state index is 12.2. The van der Waals surface area contributed by atoms with Crippen molar-refractivity contribution >= 4 is 34.6 Å². The lowest BCUT2D eigenvalue weighted by atomic mass is 10.1. The zero-order chi connectivity index (χ0) is 18.8. The lowest BCUT2D eigenvalue weighted by Gasteiger charge is -2.21. The fourth-order valence-corrected chi connectivity index (χ4v) is 3.33. The Kier molecular flexibility index (Phi) is 5.72. The Hall–Kier alpha value is -2.08. The van der Waals surface area contributed by atoms with Crippen LogP contribution in [0.25, 0.3) is 10.9 Å². The minimum atomic E-state index is -0.483. The van der Waals surface area contributed by atoms with Crippen LogP contribution >= 0.6 is 11.8 Å². The maximum absolute atomic E-state index is 12.2. The molecule has 0 spiro atoms. The van der Waals surface area contributed by atoms with Gasteiger partial charge >= 0.3 is 6.03 Å². The van der Waals surface area contributed by atoms with Crippen molar-refractivity contribution in [2.45, 2.75) is 57.4 Å². The predicted molar refractivity (Wildman–Crippen MR) is 103 cm³/mol. The minimum Gasteiger partial charge on any atom is -0.333 e. The Morgan fingerprint density at radius 3 is 2.48 bits per heavy atom. The summed E-state index contributed by atoms with van der Waals surface area (Å²) in [6.07, 6.45) is 0. The summed E-state index contributed by atoms with van der Waals surface area (Å²) < 4.78 is 0. The average molecular weight is 359 g/mol. The van der Waals surface area contributed by atoms with E-state index in [4.69, 9.17) is 0 Å². The second-order valence-corrected chi connectivity index (χ2v) is 8.56. The third-order valence-electron chi connectivity index (χ3n) is 3.62. The largest absolute Gasteiger partial charge is 0.333 e. The van der Waals surface area contributed by atoms with Crippen LogP contribution in [0.5, 0.6) is 0 Å². The molecule has 0 bridgehead atoms. The van der Waals surface area contributed by atoms with Gasteiger partial charge in [0.05, 0.1) is 15.8 Å². The van der Waals surface area contributed by atoms with Crippen molar-refractivity contribution in [2.75, 3.05) is 0 Å². The highest BCUT2D eigenvalue weighted by Gasteiger charge is 2.21. The minimum absolute atomic E-state index is 0.337. The van der Waals surface area contributed by atoms with E-state index in [0.29, 0.717) is 0 Å². The molecule has 134 valence electrons. The topological polar surface area (TPSA) is 71.1 Å².